The molecule has 0 bridgehead atoms. The Bertz CT molecular complexity index is 857. The fourth-order valence-electron chi connectivity index (χ4n) is 2.90. The Morgan fingerprint density at radius 1 is 1.14 bits per heavy atom. The number of aliphatic imine (C=N–C) groups is 1. The molecule has 6 nitrogen and oxygen atoms in total. The van der Waals surface area contributed by atoms with Gasteiger partial charge in [-0.3, -0.25) is 9.79 Å². The van der Waals surface area contributed by atoms with E-state index < -0.39 is 29.0 Å². The summed E-state index contributed by atoms with van der Waals surface area (Å²) in [6.45, 7) is 2.94. The van der Waals surface area contributed by atoms with Gasteiger partial charge in [0.05, 0.1) is 17.2 Å². The van der Waals surface area contributed by atoms with Crippen LogP contribution in [0.3, 0.4) is 0 Å². The Hall–Kier alpha value is -2.02. The number of thiophene rings is 1. The first-order chi connectivity index (χ1) is 13.5. The smallest absolute Gasteiger partial charge is 0.243 e. The van der Waals surface area contributed by atoms with E-state index in [2.05, 4.69) is 26.6 Å². The highest BCUT2D eigenvalue weighted by atomic mass is 127. The summed E-state index contributed by atoms with van der Waals surface area (Å²) in [4.78, 5) is 20.5. The summed E-state index contributed by atoms with van der Waals surface area (Å²) in [6.07, 6.45) is 0. The van der Waals surface area contributed by atoms with Crippen molar-refractivity contribution in [3.63, 3.8) is 0 Å². The molecular formula is C18H21F3IN5OS. The lowest BCUT2D eigenvalue weighted by molar-refractivity contribution is -0.115. The Balaban J connectivity index is 0.00000300. The maximum atomic E-state index is 13.6. The molecule has 1 aliphatic heterocycles. The fraction of sp³-hybridized carbons (Fsp3) is 0.333. The maximum Gasteiger partial charge on any atom is 0.243 e. The normalized spacial score (nSPS) is 14.4. The summed E-state index contributed by atoms with van der Waals surface area (Å²) >= 11 is 1.69. The highest BCUT2D eigenvalue weighted by molar-refractivity contribution is 14.0. The molecule has 2 aromatic rings. The van der Waals surface area contributed by atoms with Gasteiger partial charge >= 0.3 is 0 Å². The molecule has 3 rings (SSSR count). The Morgan fingerprint density at radius 2 is 1.86 bits per heavy atom. The Kier molecular flexibility index (Phi) is 8.56. The van der Waals surface area contributed by atoms with Gasteiger partial charge in [0.25, 0.3) is 0 Å². The van der Waals surface area contributed by atoms with Crippen molar-refractivity contribution >= 4 is 57.9 Å². The standard InChI is InChI=1S/C18H20F3N5OS.HI/c1-22-18(26-8-6-25(7-9-26)15-3-2-10-28-15)23-11-14(27)24-13-5-4-12(19)16(20)17(13)21;/h2-5,10H,6-9,11H2,1H3,(H,22,23)(H,24,27);1H. The minimum atomic E-state index is -1.62. The van der Waals surface area contributed by atoms with Gasteiger partial charge in [0, 0.05) is 33.2 Å². The number of piperazine rings is 1. The molecule has 0 aliphatic carbocycles. The first-order valence-electron chi connectivity index (χ1n) is 8.67. The number of hydrogen-bond donors (Lipinski definition) is 2. The molecule has 158 valence electrons. The Morgan fingerprint density at radius 3 is 2.48 bits per heavy atom. The number of nitrogens with one attached hydrogen (secondary N) is 2. The zero-order valence-electron chi connectivity index (χ0n) is 15.6. The molecule has 1 aromatic heterocycles. The number of halogens is 4. The molecule has 1 amide bonds. The van der Waals surface area contributed by atoms with Crippen molar-refractivity contribution < 1.29 is 18.0 Å². The molecule has 1 fully saturated rings. The van der Waals surface area contributed by atoms with Crippen molar-refractivity contribution in [2.24, 2.45) is 4.99 Å². The predicted octanol–water partition coefficient (Wildman–Crippen LogP) is 3.12. The van der Waals surface area contributed by atoms with Gasteiger partial charge in [0.15, 0.2) is 23.4 Å². The topological polar surface area (TPSA) is 60.0 Å². The van der Waals surface area contributed by atoms with E-state index in [4.69, 9.17) is 0 Å². The lowest BCUT2D eigenvalue weighted by Gasteiger charge is -2.36. The van der Waals surface area contributed by atoms with E-state index in [1.54, 1.807) is 18.4 Å². The van der Waals surface area contributed by atoms with Crippen LogP contribution in [0.1, 0.15) is 0 Å². The predicted molar refractivity (Wildman–Crippen MR) is 120 cm³/mol. The van der Waals surface area contributed by atoms with Crippen LogP contribution in [-0.4, -0.2) is 56.5 Å². The third-order valence-corrected chi connectivity index (χ3v) is 5.25. The van der Waals surface area contributed by atoms with E-state index in [0.29, 0.717) is 5.96 Å². The number of carbonyl (C=O) groups excluding carboxylic acids is 1. The van der Waals surface area contributed by atoms with E-state index in [9.17, 15) is 18.0 Å². The zero-order valence-corrected chi connectivity index (χ0v) is 18.8. The van der Waals surface area contributed by atoms with Gasteiger partial charge in [0.1, 0.15) is 0 Å². The van der Waals surface area contributed by atoms with Crippen molar-refractivity contribution in [1.29, 1.82) is 0 Å². The van der Waals surface area contributed by atoms with Gasteiger partial charge in [0.2, 0.25) is 5.91 Å². The van der Waals surface area contributed by atoms with Crippen LogP contribution in [0.5, 0.6) is 0 Å². The van der Waals surface area contributed by atoms with Crippen molar-refractivity contribution in [3.8, 4) is 0 Å². The van der Waals surface area contributed by atoms with Crippen molar-refractivity contribution in [2.75, 3.05) is 50.0 Å². The first-order valence-corrected chi connectivity index (χ1v) is 9.55. The van der Waals surface area contributed by atoms with Crippen molar-refractivity contribution in [2.45, 2.75) is 0 Å². The summed E-state index contributed by atoms with van der Waals surface area (Å²) < 4.78 is 39.8. The number of hydrogen-bond acceptors (Lipinski definition) is 4. The van der Waals surface area contributed by atoms with Crippen LogP contribution in [0, 0.1) is 17.5 Å². The third kappa shape index (κ3) is 5.75. The molecule has 0 radical (unpaired) electrons. The second-order valence-corrected chi connectivity index (χ2v) is 7.02. The molecule has 0 spiro atoms. The van der Waals surface area contributed by atoms with Crippen LogP contribution in [0.2, 0.25) is 0 Å². The summed E-state index contributed by atoms with van der Waals surface area (Å²) in [6, 6.07) is 5.83. The monoisotopic (exact) mass is 539 g/mol. The quantitative estimate of drug-likeness (QED) is 0.272. The SMILES string of the molecule is CN=C(NCC(=O)Nc1ccc(F)c(F)c1F)N1CCN(c2cccs2)CC1.I. The highest BCUT2D eigenvalue weighted by Crippen LogP contribution is 2.22. The van der Waals surface area contributed by atoms with Crippen LogP contribution in [0.25, 0.3) is 0 Å². The second kappa shape index (κ2) is 10.7. The molecule has 2 heterocycles. The molecule has 1 aliphatic rings. The molecule has 0 unspecified atom stereocenters. The van der Waals surface area contributed by atoms with Crippen LogP contribution in [-0.2, 0) is 4.79 Å². The van der Waals surface area contributed by atoms with Crippen molar-refractivity contribution in [1.82, 2.24) is 10.2 Å². The first kappa shape index (κ1) is 23.3. The average molecular weight is 539 g/mol. The summed E-state index contributed by atoms with van der Waals surface area (Å²) in [5.41, 5.74) is -0.412. The highest BCUT2D eigenvalue weighted by Gasteiger charge is 2.21. The lowest BCUT2D eigenvalue weighted by Crippen LogP contribution is -2.53. The van der Waals surface area contributed by atoms with Gasteiger partial charge in [-0.2, -0.15) is 0 Å². The zero-order chi connectivity index (χ0) is 20.1. The molecule has 0 saturated carbocycles. The van der Waals surface area contributed by atoms with E-state index in [0.717, 1.165) is 38.3 Å². The number of carbonyl (C=O) groups is 1. The average Bonchev–Trinajstić information content (AvgIpc) is 3.24. The largest absolute Gasteiger partial charge is 0.360 e. The number of rotatable bonds is 4. The minimum Gasteiger partial charge on any atom is -0.360 e. The number of guanidine groups is 1. The van der Waals surface area contributed by atoms with E-state index >= 15 is 0 Å². The molecule has 29 heavy (non-hydrogen) atoms. The Labute approximate surface area is 187 Å². The van der Waals surface area contributed by atoms with Gasteiger partial charge in [-0.15, -0.1) is 35.3 Å². The number of amides is 1. The molecule has 1 aromatic carbocycles. The molecule has 2 N–H and O–H groups in total. The summed E-state index contributed by atoms with van der Waals surface area (Å²) in [7, 11) is 1.61. The lowest BCUT2D eigenvalue weighted by atomic mass is 10.2. The molecule has 1 saturated heterocycles. The summed E-state index contributed by atoms with van der Waals surface area (Å²) in [5.74, 6) is -4.40. The van der Waals surface area contributed by atoms with Crippen LogP contribution < -0.4 is 15.5 Å². The van der Waals surface area contributed by atoms with E-state index in [1.807, 2.05) is 16.3 Å². The van der Waals surface area contributed by atoms with E-state index in [1.165, 1.54) is 5.00 Å². The summed E-state index contributed by atoms with van der Waals surface area (Å²) in [5, 5.41) is 8.39. The maximum absolute atomic E-state index is 13.6. The van der Waals surface area contributed by atoms with Gasteiger partial charge < -0.3 is 20.4 Å². The fourth-order valence-corrected chi connectivity index (χ4v) is 3.68. The van der Waals surface area contributed by atoms with Crippen LogP contribution in [0.4, 0.5) is 23.9 Å². The van der Waals surface area contributed by atoms with Gasteiger partial charge in [-0.1, -0.05) is 0 Å². The number of benzene rings is 1. The second-order valence-electron chi connectivity index (χ2n) is 6.10. The number of anilines is 2. The van der Waals surface area contributed by atoms with Crippen molar-refractivity contribution in [3.05, 3.63) is 47.1 Å². The van der Waals surface area contributed by atoms with Gasteiger partial charge in [-0.05, 0) is 29.6 Å². The minimum absolute atomic E-state index is 0. The molecular weight excluding hydrogens is 518 g/mol. The van der Waals surface area contributed by atoms with Crippen LogP contribution in [0.15, 0.2) is 34.6 Å². The third-order valence-electron chi connectivity index (χ3n) is 4.33. The van der Waals surface area contributed by atoms with Crippen LogP contribution >= 0.6 is 35.3 Å². The van der Waals surface area contributed by atoms with E-state index in [-0.39, 0.29) is 30.5 Å². The van der Waals surface area contributed by atoms with Gasteiger partial charge in [-0.25, -0.2) is 13.2 Å². The molecule has 0 atom stereocenters. The number of nitrogens with zero attached hydrogens (tertiary/aromatic N) is 3. The molecule has 11 heteroatoms.